The normalized spacial score (nSPS) is 20.8. The number of nitrogens with zero attached hydrogens (tertiary/aromatic N) is 1. The fourth-order valence-corrected chi connectivity index (χ4v) is 3.52. The summed E-state index contributed by atoms with van der Waals surface area (Å²) in [5, 5.41) is 8.25. The number of rotatable bonds is 4. The summed E-state index contributed by atoms with van der Waals surface area (Å²) in [6, 6.07) is 8.04. The number of benzene rings is 1. The molecule has 0 spiro atoms. The Kier molecular flexibility index (Phi) is 4.66. The number of hydrogen-bond acceptors (Lipinski definition) is 3. The quantitative estimate of drug-likeness (QED) is 0.647. The molecular formula is C14H21N3S. The van der Waals surface area contributed by atoms with Crippen LogP contribution in [0.1, 0.15) is 24.5 Å². The van der Waals surface area contributed by atoms with E-state index in [1.807, 2.05) is 18.2 Å². The van der Waals surface area contributed by atoms with Crippen LogP contribution in [0.2, 0.25) is 0 Å². The SMILES string of the molecule is CCC1CN(Cc2cccc(C(=N)N)c2)CCS1. The van der Waals surface area contributed by atoms with E-state index >= 15 is 0 Å². The van der Waals surface area contributed by atoms with Crippen molar-refractivity contribution >= 4 is 17.6 Å². The minimum atomic E-state index is 0.150. The van der Waals surface area contributed by atoms with Crippen LogP contribution in [-0.2, 0) is 6.54 Å². The third kappa shape index (κ3) is 3.50. The van der Waals surface area contributed by atoms with E-state index in [0.717, 1.165) is 23.9 Å². The Hall–Kier alpha value is -1.00. The third-order valence-corrected chi connectivity index (χ3v) is 4.69. The fourth-order valence-electron chi connectivity index (χ4n) is 2.27. The number of hydrogen-bond donors (Lipinski definition) is 2. The van der Waals surface area contributed by atoms with Crippen LogP contribution in [0.4, 0.5) is 0 Å². The standard InChI is InChI=1S/C14H21N3S/c1-2-13-10-17(6-7-18-13)9-11-4-3-5-12(8-11)14(15)16/h3-5,8,13H,2,6-7,9-10H2,1H3,(H3,15,16). The highest BCUT2D eigenvalue weighted by Gasteiger charge is 2.18. The summed E-state index contributed by atoms with van der Waals surface area (Å²) in [7, 11) is 0. The van der Waals surface area contributed by atoms with E-state index in [9.17, 15) is 0 Å². The second-order valence-corrected chi connectivity index (χ2v) is 6.16. The molecule has 0 aromatic heterocycles. The Balaban J connectivity index is 2.00. The molecule has 4 heteroatoms. The van der Waals surface area contributed by atoms with E-state index in [-0.39, 0.29) is 5.84 Å². The predicted molar refractivity (Wildman–Crippen MR) is 79.3 cm³/mol. The number of amidine groups is 1. The van der Waals surface area contributed by atoms with Gasteiger partial charge in [0.15, 0.2) is 0 Å². The maximum absolute atomic E-state index is 7.47. The van der Waals surface area contributed by atoms with Gasteiger partial charge in [-0.1, -0.05) is 25.1 Å². The Morgan fingerprint density at radius 3 is 3.11 bits per heavy atom. The zero-order valence-corrected chi connectivity index (χ0v) is 11.7. The minimum Gasteiger partial charge on any atom is -0.384 e. The lowest BCUT2D eigenvalue weighted by molar-refractivity contribution is 0.273. The molecule has 3 N–H and O–H groups in total. The van der Waals surface area contributed by atoms with Gasteiger partial charge in [0, 0.05) is 36.2 Å². The Morgan fingerprint density at radius 1 is 1.56 bits per heavy atom. The van der Waals surface area contributed by atoms with Gasteiger partial charge in [0.2, 0.25) is 0 Å². The van der Waals surface area contributed by atoms with Crippen LogP contribution in [0.3, 0.4) is 0 Å². The first-order chi connectivity index (χ1) is 8.69. The summed E-state index contributed by atoms with van der Waals surface area (Å²) < 4.78 is 0. The Labute approximate surface area is 113 Å². The van der Waals surface area contributed by atoms with Gasteiger partial charge in [-0.25, -0.2) is 0 Å². The molecule has 1 heterocycles. The van der Waals surface area contributed by atoms with Crippen molar-refractivity contribution in [2.45, 2.75) is 25.1 Å². The van der Waals surface area contributed by atoms with Crippen molar-refractivity contribution in [3.05, 3.63) is 35.4 Å². The van der Waals surface area contributed by atoms with Crippen molar-refractivity contribution in [1.29, 1.82) is 5.41 Å². The van der Waals surface area contributed by atoms with Gasteiger partial charge in [-0.2, -0.15) is 11.8 Å². The molecule has 3 nitrogen and oxygen atoms in total. The van der Waals surface area contributed by atoms with Crippen LogP contribution in [0.15, 0.2) is 24.3 Å². The fraction of sp³-hybridized carbons (Fsp3) is 0.500. The van der Waals surface area contributed by atoms with Gasteiger partial charge in [0.05, 0.1) is 0 Å². The molecule has 1 aliphatic rings. The summed E-state index contributed by atoms with van der Waals surface area (Å²) in [6.07, 6.45) is 1.24. The van der Waals surface area contributed by atoms with Crippen molar-refractivity contribution in [2.24, 2.45) is 5.73 Å². The van der Waals surface area contributed by atoms with E-state index in [4.69, 9.17) is 11.1 Å². The smallest absolute Gasteiger partial charge is 0.122 e. The second kappa shape index (κ2) is 6.25. The monoisotopic (exact) mass is 263 g/mol. The average molecular weight is 263 g/mol. The van der Waals surface area contributed by atoms with Crippen molar-refractivity contribution in [2.75, 3.05) is 18.8 Å². The highest BCUT2D eigenvalue weighted by molar-refractivity contribution is 8.00. The first-order valence-electron chi connectivity index (χ1n) is 6.46. The minimum absolute atomic E-state index is 0.150. The molecule has 1 aliphatic heterocycles. The molecule has 0 saturated carbocycles. The Morgan fingerprint density at radius 2 is 2.39 bits per heavy atom. The van der Waals surface area contributed by atoms with Crippen molar-refractivity contribution < 1.29 is 0 Å². The number of thioether (sulfide) groups is 1. The zero-order chi connectivity index (χ0) is 13.0. The van der Waals surface area contributed by atoms with E-state index in [1.165, 1.54) is 24.3 Å². The van der Waals surface area contributed by atoms with E-state index in [0.29, 0.717) is 0 Å². The van der Waals surface area contributed by atoms with Crippen LogP contribution in [-0.4, -0.2) is 34.8 Å². The van der Waals surface area contributed by atoms with Gasteiger partial charge in [-0.05, 0) is 18.1 Å². The molecular weight excluding hydrogens is 242 g/mol. The molecule has 98 valence electrons. The molecule has 1 atom stereocenters. The van der Waals surface area contributed by atoms with E-state index in [1.54, 1.807) is 0 Å². The first kappa shape index (κ1) is 13.4. The van der Waals surface area contributed by atoms with Gasteiger partial charge in [-0.3, -0.25) is 10.3 Å². The molecule has 1 unspecified atom stereocenters. The molecule has 1 fully saturated rings. The van der Waals surface area contributed by atoms with Crippen LogP contribution < -0.4 is 5.73 Å². The predicted octanol–water partition coefficient (Wildman–Crippen LogP) is 2.30. The molecule has 0 aliphatic carbocycles. The van der Waals surface area contributed by atoms with Crippen LogP contribution in [0.5, 0.6) is 0 Å². The summed E-state index contributed by atoms with van der Waals surface area (Å²) in [5.41, 5.74) is 7.60. The summed E-state index contributed by atoms with van der Waals surface area (Å²) in [6.45, 7) is 5.56. The molecule has 1 aromatic rings. The molecule has 1 saturated heterocycles. The maximum Gasteiger partial charge on any atom is 0.122 e. The Bertz CT molecular complexity index is 419. The summed E-state index contributed by atoms with van der Waals surface area (Å²) in [4.78, 5) is 2.50. The van der Waals surface area contributed by atoms with E-state index < -0.39 is 0 Å². The summed E-state index contributed by atoms with van der Waals surface area (Å²) in [5.74, 6) is 1.38. The van der Waals surface area contributed by atoms with Crippen molar-refractivity contribution in [3.63, 3.8) is 0 Å². The average Bonchev–Trinajstić information content (AvgIpc) is 2.39. The number of nitrogens with two attached hydrogens (primary N) is 1. The molecule has 18 heavy (non-hydrogen) atoms. The first-order valence-corrected chi connectivity index (χ1v) is 7.51. The second-order valence-electron chi connectivity index (χ2n) is 4.75. The van der Waals surface area contributed by atoms with Gasteiger partial charge in [-0.15, -0.1) is 0 Å². The lowest BCUT2D eigenvalue weighted by atomic mass is 10.1. The van der Waals surface area contributed by atoms with Crippen LogP contribution in [0, 0.1) is 5.41 Å². The lowest BCUT2D eigenvalue weighted by Gasteiger charge is -2.31. The van der Waals surface area contributed by atoms with Gasteiger partial charge in [0.25, 0.3) is 0 Å². The van der Waals surface area contributed by atoms with Crippen molar-refractivity contribution in [3.8, 4) is 0 Å². The van der Waals surface area contributed by atoms with Crippen LogP contribution in [0.25, 0.3) is 0 Å². The van der Waals surface area contributed by atoms with Crippen LogP contribution >= 0.6 is 11.8 Å². The highest BCUT2D eigenvalue weighted by Crippen LogP contribution is 2.22. The number of nitrogens with one attached hydrogen (secondary N) is 1. The highest BCUT2D eigenvalue weighted by atomic mass is 32.2. The molecule has 1 aromatic carbocycles. The molecule has 0 bridgehead atoms. The lowest BCUT2D eigenvalue weighted by Crippen LogP contribution is -2.37. The molecule has 0 amide bonds. The van der Waals surface area contributed by atoms with Gasteiger partial charge in [0.1, 0.15) is 5.84 Å². The number of nitrogen functional groups attached to an aromatic ring is 1. The van der Waals surface area contributed by atoms with Crippen molar-refractivity contribution in [1.82, 2.24) is 4.90 Å². The summed E-state index contributed by atoms with van der Waals surface area (Å²) >= 11 is 2.09. The maximum atomic E-state index is 7.47. The molecule has 2 rings (SSSR count). The third-order valence-electron chi connectivity index (χ3n) is 3.32. The zero-order valence-electron chi connectivity index (χ0n) is 10.9. The van der Waals surface area contributed by atoms with Gasteiger partial charge < -0.3 is 5.73 Å². The molecule has 0 radical (unpaired) electrons. The van der Waals surface area contributed by atoms with E-state index in [2.05, 4.69) is 29.7 Å². The topological polar surface area (TPSA) is 53.1 Å². The van der Waals surface area contributed by atoms with Gasteiger partial charge >= 0.3 is 0 Å². The largest absolute Gasteiger partial charge is 0.384 e.